The van der Waals surface area contributed by atoms with Gasteiger partial charge in [0.05, 0.1) is 11.6 Å². The van der Waals surface area contributed by atoms with Crippen LogP contribution in [-0.4, -0.2) is 31.9 Å². The molecule has 1 aliphatic carbocycles. The predicted molar refractivity (Wildman–Crippen MR) is 84.7 cm³/mol. The third-order valence-corrected chi connectivity index (χ3v) is 4.56. The SMILES string of the molecule is Cn1ncc2c(N[C@@H](CC3CCCCC3)C(=O)O)ccnc21. The number of hydrogen-bond acceptors (Lipinski definition) is 4. The standard InChI is InChI=1S/C16H22N4O2/c1-20-15-12(10-18-20)13(7-8-17-15)19-14(16(21)22)9-11-5-3-2-4-6-11/h7-8,10-11,14H,2-6,9H2,1H3,(H,17,19)(H,21,22)/t14-/m0/s1. The molecule has 0 bridgehead atoms. The molecule has 22 heavy (non-hydrogen) atoms. The monoisotopic (exact) mass is 302 g/mol. The van der Waals surface area contributed by atoms with Crippen molar-refractivity contribution in [3.05, 3.63) is 18.5 Å². The number of rotatable bonds is 5. The number of nitrogens with one attached hydrogen (secondary N) is 1. The van der Waals surface area contributed by atoms with Gasteiger partial charge in [-0.3, -0.25) is 4.68 Å². The highest BCUT2D eigenvalue weighted by Gasteiger charge is 2.24. The summed E-state index contributed by atoms with van der Waals surface area (Å²) >= 11 is 0. The Labute approximate surface area is 129 Å². The number of carboxylic acids is 1. The summed E-state index contributed by atoms with van der Waals surface area (Å²) in [6.45, 7) is 0. The largest absolute Gasteiger partial charge is 0.480 e. The molecular weight excluding hydrogens is 280 g/mol. The van der Waals surface area contributed by atoms with Gasteiger partial charge in [-0.05, 0) is 18.4 Å². The van der Waals surface area contributed by atoms with E-state index in [-0.39, 0.29) is 0 Å². The van der Waals surface area contributed by atoms with E-state index in [1.165, 1.54) is 19.3 Å². The second-order valence-corrected chi connectivity index (χ2v) is 6.14. The van der Waals surface area contributed by atoms with Crippen LogP contribution in [0.4, 0.5) is 5.69 Å². The van der Waals surface area contributed by atoms with Gasteiger partial charge in [0.15, 0.2) is 5.65 Å². The summed E-state index contributed by atoms with van der Waals surface area (Å²) in [5.74, 6) is -0.284. The number of carboxylic acid groups (broad SMARTS) is 1. The summed E-state index contributed by atoms with van der Waals surface area (Å²) < 4.78 is 1.69. The number of aryl methyl sites for hydroxylation is 1. The molecule has 118 valence electrons. The number of pyridine rings is 1. The molecule has 6 nitrogen and oxygen atoms in total. The summed E-state index contributed by atoms with van der Waals surface area (Å²) in [5, 5.41) is 17.8. The maximum atomic E-state index is 11.6. The van der Waals surface area contributed by atoms with E-state index < -0.39 is 12.0 Å². The number of anilines is 1. The second-order valence-electron chi connectivity index (χ2n) is 6.14. The quantitative estimate of drug-likeness (QED) is 0.887. The third kappa shape index (κ3) is 3.05. The first-order chi connectivity index (χ1) is 10.6. The number of hydrogen-bond donors (Lipinski definition) is 2. The fourth-order valence-corrected chi connectivity index (χ4v) is 3.34. The lowest BCUT2D eigenvalue weighted by atomic mass is 9.85. The van der Waals surface area contributed by atoms with Gasteiger partial charge in [-0.25, -0.2) is 9.78 Å². The molecule has 1 aliphatic rings. The van der Waals surface area contributed by atoms with Crippen molar-refractivity contribution < 1.29 is 9.90 Å². The molecule has 1 fully saturated rings. The zero-order chi connectivity index (χ0) is 15.5. The van der Waals surface area contributed by atoms with E-state index in [4.69, 9.17) is 0 Å². The van der Waals surface area contributed by atoms with E-state index >= 15 is 0 Å². The molecule has 1 atom stereocenters. The van der Waals surface area contributed by atoms with Crippen LogP contribution >= 0.6 is 0 Å². The van der Waals surface area contributed by atoms with Crippen LogP contribution in [-0.2, 0) is 11.8 Å². The van der Waals surface area contributed by atoms with Crippen molar-refractivity contribution in [3.63, 3.8) is 0 Å². The molecule has 0 spiro atoms. The average molecular weight is 302 g/mol. The third-order valence-electron chi connectivity index (χ3n) is 4.56. The molecule has 6 heteroatoms. The topological polar surface area (TPSA) is 80.0 Å². The normalized spacial score (nSPS) is 17.5. The lowest BCUT2D eigenvalue weighted by molar-refractivity contribution is -0.138. The summed E-state index contributed by atoms with van der Waals surface area (Å²) in [6, 6.07) is 1.26. The molecule has 0 saturated heterocycles. The van der Waals surface area contributed by atoms with Gasteiger partial charge in [0.25, 0.3) is 0 Å². The van der Waals surface area contributed by atoms with Gasteiger partial charge in [0, 0.05) is 18.9 Å². The van der Waals surface area contributed by atoms with Crippen molar-refractivity contribution in [1.82, 2.24) is 14.8 Å². The first-order valence-corrected chi connectivity index (χ1v) is 7.91. The number of fused-ring (bicyclic) bond motifs is 1. The maximum Gasteiger partial charge on any atom is 0.326 e. The highest BCUT2D eigenvalue weighted by atomic mass is 16.4. The van der Waals surface area contributed by atoms with Gasteiger partial charge in [-0.2, -0.15) is 5.10 Å². The Hall–Kier alpha value is -2.11. The minimum Gasteiger partial charge on any atom is -0.480 e. The minimum atomic E-state index is -0.792. The van der Waals surface area contributed by atoms with Crippen molar-refractivity contribution in [1.29, 1.82) is 0 Å². The minimum absolute atomic E-state index is 0.508. The van der Waals surface area contributed by atoms with Crippen LogP contribution < -0.4 is 5.32 Å². The van der Waals surface area contributed by atoms with Crippen LogP contribution in [0, 0.1) is 5.92 Å². The van der Waals surface area contributed by atoms with Crippen molar-refractivity contribution >= 4 is 22.7 Å². The Bertz CT molecular complexity index is 661. The van der Waals surface area contributed by atoms with Crippen molar-refractivity contribution in [3.8, 4) is 0 Å². The Morgan fingerprint density at radius 2 is 2.23 bits per heavy atom. The fraction of sp³-hybridized carbons (Fsp3) is 0.562. The summed E-state index contributed by atoms with van der Waals surface area (Å²) in [5.41, 5.74) is 1.55. The van der Waals surface area contributed by atoms with Crippen molar-refractivity contribution in [2.45, 2.75) is 44.6 Å². The van der Waals surface area contributed by atoms with E-state index in [0.717, 1.165) is 29.6 Å². The van der Waals surface area contributed by atoms with E-state index in [9.17, 15) is 9.90 Å². The lowest BCUT2D eigenvalue weighted by Crippen LogP contribution is -2.32. The zero-order valence-electron chi connectivity index (χ0n) is 12.8. The summed E-state index contributed by atoms with van der Waals surface area (Å²) in [6.07, 6.45) is 10.1. The molecule has 2 heterocycles. The van der Waals surface area contributed by atoms with Crippen LogP contribution in [0.1, 0.15) is 38.5 Å². The number of carbonyl (C=O) groups is 1. The smallest absolute Gasteiger partial charge is 0.326 e. The van der Waals surface area contributed by atoms with E-state index in [1.54, 1.807) is 17.1 Å². The average Bonchev–Trinajstić information content (AvgIpc) is 2.90. The Morgan fingerprint density at radius 1 is 1.45 bits per heavy atom. The van der Waals surface area contributed by atoms with Crippen LogP contribution in [0.3, 0.4) is 0 Å². The lowest BCUT2D eigenvalue weighted by Gasteiger charge is -2.25. The van der Waals surface area contributed by atoms with Gasteiger partial charge in [0.1, 0.15) is 6.04 Å². The molecule has 1 saturated carbocycles. The van der Waals surface area contributed by atoms with Gasteiger partial charge in [-0.15, -0.1) is 0 Å². The molecule has 0 unspecified atom stereocenters. The van der Waals surface area contributed by atoms with Gasteiger partial charge < -0.3 is 10.4 Å². The Morgan fingerprint density at radius 3 is 2.95 bits per heavy atom. The van der Waals surface area contributed by atoms with E-state index in [1.807, 2.05) is 13.1 Å². The summed E-state index contributed by atoms with van der Waals surface area (Å²) in [7, 11) is 1.83. The number of aromatic nitrogens is 3. The molecule has 2 aromatic heterocycles. The van der Waals surface area contributed by atoms with Gasteiger partial charge in [-0.1, -0.05) is 32.1 Å². The maximum absolute atomic E-state index is 11.6. The molecule has 0 amide bonds. The highest BCUT2D eigenvalue weighted by Crippen LogP contribution is 2.29. The van der Waals surface area contributed by atoms with Gasteiger partial charge >= 0.3 is 5.97 Å². The predicted octanol–water partition coefficient (Wildman–Crippen LogP) is 2.80. The molecule has 0 aromatic carbocycles. The molecule has 0 radical (unpaired) electrons. The molecular formula is C16H22N4O2. The van der Waals surface area contributed by atoms with Crippen molar-refractivity contribution in [2.24, 2.45) is 13.0 Å². The van der Waals surface area contributed by atoms with Crippen LogP contribution in [0.15, 0.2) is 18.5 Å². The molecule has 2 N–H and O–H groups in total. The Kier molecular flexibility index (Phi) is 4.27. The molecule has 2 aromatic rings. The van der Waals surface area contributed by atoms with Gasteiger partial charge in [0.2, 0.25) is 0 Å². The van der Waals surface area contributed by atoms with Crippen molar-refractivity contribution in [2.75, 3.05) is 5.32 Å². The van der Waals surface area contributed by atoms with Crippen LogP contribution in [0.5, 0.6) is 0 Å². The Balaban J connectivity index is 1.78. The first kappa shape index (κ1) is 14.8. The number of aliphatic carboxylic acids is 1. The fourth-order valence-electron chi connectivity index (χ4n) is 3.34. The van der Waals surface area contributed by atoms with Crippen LogP contribution in [0.2, 0.25) is 0 Å². The second kappa shape index (κ2) is 6.34. The molecule has 3 rings (SSSR count). The van der Waals surface area contributed by atoms with E-state index in [0.29, 0.717) is 12.3 Å². The molecule has 0 aliphatic heterocycles. The van der Waals surface area contributed by atoms with Crippen LogP contribution in [0.25, 0.3) is 11.0 Å². The summed E-state index contributed by atoms with van der Waals surface area (Å²) in [4.78, 5) is 15.9. The first-order valence-electron chi connectivity index (χ1n) is 7.91. The zero-order valence-corrected chi connectivity index (χ0v) is 12.8. The van der Waals surface area contributed by atoms with E-state index in [2.05, 4.69) is 15.4 Å². The highest BCUT2D eigenvalue weighted by molar-refractivity contribution is 5.90. The number of nitrogens with zero attached hydrogens (tertiary/aromatic N) is 3.